The quantitative estimate of drug-likeness (QED) is 0.459. The van der Waals surface area contributed by atoms with E-state index in [1.165, 1.54) is 0 Å². The van der Waals surface area contributed by atoms with Gasteiger partial charge in [0.1, 0.15) is 5.82 Å². The number of carbonyl (C=O) groups excluding carboxylic acids is 1. The molecule has 2 aromatic carbocycles. The summed E-state index contributed by atoms with van der Waals surface area (Å²) >= 11 is 0. The van der Waals surface area contributed by atoms with Crippen LogP contribution in [-0.4, -0.2) is 31.1 Å². The lowest BCUT2D eigenvalue weighted by Crippen LogP contribution is -2.23. The van der Waals surface area contributed by atoms with Gasteiger partial charge in [-0.3, -0.25) is 4.79 Å². The van der Waals surface area contributed by atoms with Crippen molar-refractivity contribution in [3.05, 3.63) is 60.4 Å². The number of carbonyl (C=O) groups is 1. The molecule has 2 aromatic heterocycles. The lowest BCUT2D eigenvalue weighted by Gasteiger charge is -2.25. The standard InChI is InChI=1S/C25H26N6O/c1-15(2)29-23(32)19-9-7-6-8-18(19)22-30-20-12-16(17-13-27-24(26)28-14-17)10-11-21(20)31(22)25(3,4)5/h6-14H,1-5H3,(H2,26,27,28). The van der Waals surface area contributed by atoms with Gasteiger partial charge in [0.2, 0.25) is 5.95 Å². The Hall–Kier alpha value is -3.87. The third-order valence-electron chi connectivity index (χ3n) is 5.05. The summed E-state index contributed by atoms with van der Waals surface area (Å²) in [6.45, 7) is 10.00. The first-order chi connectivity index (χ1) is 15.1. The number of hydrogen-bond donors (Lipinski definition) is 1. The van der Waals surface area contributed by atoms with Crippen LogP contribution in [0.25, 0.3) is 33.5 Å². The summed E-state index contributed by atoms with van der Waals surface area (Å²) in [6, 6.07) is 13.6. The molecule has 32 heavy (non-hydrogen) atoms. The second kappa shape index (κ2) is 8.00. The molecule has 0 spiro atoms. The number of benzene rings is 2. The normalized spacial score (nSPS) is 11.5. The van der Waals surface area contributed by atoms with Gasteiger partial charge in [-0.25, -0.2) is 19.9 Å². The molecular formula is C25H26N6O. The Morgan fingerprint density at radius 2 is 1.69 bits per heavy atom. The molecule has 2 N–H and O–H groups in total. The van der Waals surface area contributed by atoms with Gasteiger partial charge in [0.15, 0.2) is 0 Å². The van der Waals surface area contributed by atoms with Crippen molar-refractivity contribution in [2.75, 3.05) is 5.73 Å². The molecule has 1 amide bonds. The van der Waals surface area contributed by atoms with E-state index in [0.29, 0.717) is 11.3 Å². The van der Waals surface area contributed by atoms with Gasteiger partial charge in [-0.1, -0.05) is 24.3 Å². The summed E-state index contributed by atoms with van der Waals surface area (Å²) < 4.78 is 2.17. The number of rotatable bonds is 3. The minimum absolute atomic E-state index is 0.236. The maximum absolute atomic E-state index is 12.8. The molecular weight excluding hydrogens is 400 g/mol. The second-order valence-electron chi connectivity index (χ2n) is 8.88. The van der Waals surface area contributed by atoms with Gasteiger partial charge in [-0.15, -0.1) is 0 Å². The molecule has 2 heterocycles. The Kier molecular flexibility index (Phi) is 5.34. The molecule has 0 atom stereocenters. The lowest BCUT2D eigenvalue weighted by molar-refractivity contribution is 0.100. The van der Waals surface area contributed by atoms with Crippen molar-refractivity contribution >= 4 is 28.6 Å². The molecule has 7 nitrogen and oxygen atoms in total. The first kappa shape index (κ1) is 21.4. The predicted molar refractivity (Wildman–Crippen MR) is 129 cm³/mol. The summed E-state index contributed by atoms with van der Waals surface area (Å²) in [5, 5.41) is 0. The summed E-state index contributed by atoms with van der Waals surface area (Å²) in [7, 11) is 0. The van der Waals surface area contributed by atoms with Crippen molar-refractivity contribution < 1.29 is 4.79 Å². The highest BCUT2D eigenvalue weighted by Gasteiger charge is 2.25. The number of fused-ring (bicyclic) bond motifs is 1. The summed E-state index contributed by atoms with van der Waals surface area (Å²) in [5.74, 6) is 0.694. The number of aliphatic imine (C=N–C) groups is 1. The highest BCUT2D eigenvalue weighted by molar-refractivity contribution is 6.06. The van der Waals surface area contributed by atoms with Crippen LogP contribution in [0.2, 0.25) is 0 Å². The number of nitrogen functional groups attached to an aromatic ring is 1. The van der Waals surface area contributed by atoms with Gasteiger partial charge in [-0.05, 0) is 58.4 Å². The smallest absolute Gasteiger partial charge is 0.277 e. The number of anilines is 1. The van der Waals surface area contributed by atoms with Crippen LogP contribution in [0, 0.1) is 0 Å². The summed E-state index contributed by atoms with van der Waals surface area (Å²) in [4.78, 5) is 30.2. The monoisotopic (exact) mass is 426 g/mol. The number of amides is 1. The topological polar surface area (TPSA) is 99.1 Å². The van der Waals surface area contributed by atoms with E-state index >= 15 is 0 Å². The van der Waals surface area contributed by atoms with Gasteiger partial charge in [0.25, 0.3) is 5.91 Å². The Bertz CT molecular complexity index is 1340. The Morgan fingerprint density at radius 3 is 2.34 bits per heavy atom. The van der Waals surface area contributed by atoms with Gasteiger partial charge in [0, 0.05) is 34.8 Å². The average molecular weight is 427 g/mol. The third-order valence-corrected chi connectivity index (χ3v) is 5.05. The fourth-order valence-electron chi connectivity index (χ4n) is 3.73. The largest absolute Gasteiger partial charge is 0.368 e. The average Bonchev–Trinajstić information content (AvgIpc) is 3.13. The van der Waals surface area contributed by atoms with Crippen LogP contribution in [0.3, 0.4) is 0 Å². The van der Waals surface area contributed by atoms with Crippen molar-refractivity contribution in [1.82, 2.24) is 19.5 Å². The zero-order valence-electron chi connectivity index (χ0n) is 18.9. The fraction of sp³-hybridized carbons (Fsp3) is 0.240. The van der Waals surface area contributed by atoms with Crippen LogP contribution < -0.4 is 5.73 Å². The summed E-state index contributed by atoms with van der Waals surface area (Å²) in [5.41, 5.74) is 11.0. The van der Waals surface area contributed by atoms with Crippen LogP contribution in [0.1, 0.15) is 45.0 Å². The molecule has 0 aliphatic rings. The molecule has 4 aromatic rings. The highest BCUT2D eigenvalue weighted by atomic mass is 16.1. The SMILES string of the molecule is CC(C)=NC(=O)c1ccccc1-c1nc2cc(-c3cnc(N)nc3)ccc2n1C(C)(C)C. The van der Waals surface area contributed by atoms with E-state index in [-0.39, 0.29) is 17.4 Å². The molecule has 4 rings (SSSR count). The molecule has 0 saturated heterocycles. The number of imidazole rings is 1. The minimum atomic E-state index is -0.271. The Labute approximate surface area is 187 Å². The van der Waals surface area contributed by atoms with Crippen molar-refractivity contribution in [3.8, 4) is 22.5 Å². The number of hydrogen-bond acceptors (Lipinski definition) is 5. The van der Waals surface area contributed by atoms with Crippen LogP contribution in [0.5, 0.6) is 0 Å². The molecule has 0 radical (unpaired) electrons. The van der Waals surface area contributed by atoms with E-state index in [9.17, 15) is 4.79 Å². The highest BCUT2D eigenvalue weighted by Crippen LogP contribution is 2.34. The van der Waals surface area contributed by atoms with Crippen LogP contribution in [0.15, 0.2) is 59.9 Å². The van der Waals surface area contributed by atoms with Crippen molar-refractivity contribution in [2.24, 2.45) is 4.99 Å². The fourth-order valence-corrected chi connectivity index (χ4v) is 3.73. The summed E-state index contributed by atoms with van der Waals surface area (Å²) in [6.07, 6.45) is 3.40. The maximum Gasteiger partial charge on any atom is 0.277 e. The predicted octanol–water partition coefficient (Wildman–Crippen LogP) is 5.12. The Balaban J connectivity index is 1.95. The number of nitrogens with two attached hydrogens (primary N) is 1. The van der Waals surface area contributed by atoms with Crippen LogP contribution in [0.4, 0.5) is 5.95 Å². The van der Waals surface area contributed by atoms with E-state index in [2.05, 4.69) is 40.3 Å². The molecule has 7 heteroatoms. The number of nitrogens with zero attached hydrogens (tertiary/aromatic N) is 5. The maximum atomic E-state index is 12.8. The van der Waals surface area contributed by atoms with Crippen molar-refractivity contribution in [2.45, 2.75) is 40.2 Å². The van der Waals surface area contributed by atoms with E-state index < -0.39 is 0 Å². The minimum Gasteiger partial charge on any atom is -0.368 e. The van der Waals surface area contributed by atoms with E-state index in [1.54, 1.807) is 18.5 Å². The van der Waals surface area contributed by atoms with Crippen molar-refractivity contribution in [1.29, 1.82) is 0 Å². The second-order valence-corrected chi connectivity index (χ2v) is 8.88. The zero-order chi connectivity index (χ0) is 23.0. The van der Waals surface area contributed by atoms with Crippen molar-refractivity contribution in [3.63, 3.8) is 0 Å². The van der Waals surface area contributed by atoms with Gasteiger partial charge < -0.3 is 10.3 Å². The molecule has 0 saturated carbocycles. The van der Waals surface area contributed by atoms with Crippen LogP contribution in [-0.2, 0) is 5.54 Å². The first-order valence-corrected chi connectivity index (χ1v) is 10.4. The molecule has 0 fully saturated rings. The number of aromatic nitrogens is 4. The van der Waals surface area contributed by atoms with E-state index in [1.807, 2.05) is 50.2 Å². The zero-order valence-corrected chi connectivity index (χ0v) is 18.9. The first-order valence-electron chi connectivity index (χ1n) is 10.4. The van der Waals surface area contributed by atoms with E-state index in [0.717, 1.165) is 33.5 Å². The van der Waals surface area contributed by atoms with Gasteiger partial charge >= 0.3 is 0 Å². The molecule has 0 unspecified atom stereocenters. The molecule has 0 aliphatic heterocycles. The Morgan fingerprint density at radius 1 is 1.00 bits per heavy atom. The van der Waals surface area contributed by atoms with Crippen LogP contribution >= 0.6 is 0 Å². The lowest BCUT2D eigenvalue weighted by atomic mass is 10.0. The molecule has 0 aliphatic carbocycles. The van der Waals surface area contributed by atoms with Gasteiger partial charge in [-0.2, -0.15) is 0 Å². The molecule has 162 valence electrons. The van der Waals surface area contributed by atoms with E-state index in [4.69, 9.17) is 10.7 Å². The third kappa shape index (κ3) is 4.01. The van der Waals surface area contributed by atoms with Gasteiger partial charge in [0.05, 0.1) is 16.6 Å². The molecule has 0 bridgehead atoms.